The second-order valence-corrected chi connectivity index (χ2v) is 7.98. The van der Waals surface area contributed by atoms with Crippen LogP contribution in [0.15, 0.2) is 94.4 Å². The molecule has 0 aliphatic rings. The van der Waals surface area contributed by atoms with Gasteiger partial charge >= 0.3 is 0 Å². The average molecular weight is 416 g/mol. The van der Waals surface area contributed by atoms with Crippen molar-refractivity contribution in [3.05, 3.63) is 91.0 Å². The van der Waals surface area contributed by atoms with Gasteiger partial charge in [-0.05, 0) is 48.5 Å². The van der Waals surface area contributed by atoms with Gasteiger partial charge in [0.1, 0.15) is 17.2 Å². The molecule has 2 N–H and O–H groups in total. The van der Waals surface area contributed by atoms with Crippen molar-refractivity contribution in [1.82, 2.24) is 4.98 Å². The number of anilines is 2. The summed E-state index contributed by atoms with van der Waals surface area (Å²) in [4.78, 5) is 4.42. The molecule has 0 fully saturated rings. The number of fused-ring (bicyclic) bond motifs is 1. The van der Waals surface area contributed by atoms with Gasteiger partial charge in [0.25, 0.3) is 10.0 Å². The van der Waals surface area contributed by atoms with Crippen molar-refractivity contribution in [3.63, 3.8) is 0 Å². The van der Waals surface area contributed by atoms with Crippen LogP contribution < -0.4 is 10.0 Å². The molecule has 0 aliphatic carbocycles. The molecule has 0 radical (unpaired) electrons. The Kier molecular flexibility index (Phi) is 5.20. The van der Waals surface area contributed by atoms with Crippen LogP contribution in [0.3, 0.4) is 0 Å². The van der Waals surface area contributed by atoms with Crippen LogP contribution in [0.25, 0.3) is 16.7 Å². The van der Waals surface area contributed by atoms with Crippen molar-refractivity contribution >= 4 is 38.1 Å². The molecule has 0 saturated carbocycles. The first-order valence-corrected chi connectivity index (χ1v) is 10.4. The number of para-hydroxylation sites is 3. The van der Waals surface area contributed by atoms with Crippen molar-refractivity contribution in [3.8, 4) is 6.07 Å². The van der Waals surface area contributed by atoms with Crippen LogP contribution in [0.5, 0.6) is 0 Å². The minimum absolute atomic E-state index is 0.125. The molecule has 0 atom stereocenters. The third-order valence-electron chi connectivity index (χ3n) is 4.22. The number of oxazole rings is 1. The summed E-state index contributed by atoms with van der Waals surface area (Å²) in [5.41, 5.74) is 2.56. The Labute approximate surface area is 173 Å². The maximum atomic E-state index is 12.5. The van der Waals surface area contributed by atoms with Gasteiger partial charge < -0.3 is 9.73 Å². The zero-order chi connectivity index (χ0) is 21.0. The van der Waals surface area contributed by atoms with Gasteiger partial charge in [-0.3, -0.25) is 4.72 Å². The van der Waals surface area contributed by atoms with Crippen molar-refractivity contribution in [2.45, 2.75) is 4.90 Å². The van der Waals surface area contributed by atoms with Crippen LogP contribution in [0.1, 0.15) is 5.89 Å². The summed E-state index contributed by atoms with van der Waals surface area (Å²) >= 11 is 0. The molecular formula is C22H16N4O3S. The van der Waals surface area contributed by atoms with Crippen LogP contribution in [-0.2, 0) is 10.0 Å². The molecule has 0 saturated heterocycles. The van der Waals surface area contributed by atoms with E-state index < -0.39 is 10.0 Å². The van der Waals surface area contributed by atoms with E-state index in [4.69, 9.17) is 4.42 Å². The molecule has 8 heteroatoms. The standard InChI is InChI=1S/C22H16N4O3S/c23-14-16(22-25-20-8-4-5-9-21(20)29-22)15-24-17-10-12-19(13-11-17)30(27,28)26-18-6-2-1-3-7-18/h1-13,15,24,26H. The monoisotopic (exact) mass is 416 g/mol. The SMILES string of the molecule is N#CC(=CNc1ccc(S(=O)(=O)Nc2ccccc2)cc1)c1nc2ccccc2o1. The van der Waals surface area contributed by atoms with Crippen molar-refractivity contribution < 1.29 is 12.8 Å². The quantitative estimate of drug-likeness (QED) is 0.445. The number of allylic oxidation sites excluding steroid dienone is 1. The summed E-state index contributed by atoms with van der Waals surface area (Å²) in [5, 5.41) is 12.4. The highest BCUT2D eigenvalue weighted by Crippen LogP contribution is 2.22. The van der Waals surface area contributed by atoms with Gasteiger partial charge in [0.2, 0.25) is 5.89 Å². The molecule has 148 valence electrons. The van der Waals surface area contributed by atoms with E-state index in [-0.39, 0.29) is 16.4 Å². The molecule has 0 spiro atoms. The summed E-state index contributed by atoms with van der Waals surface area (Å²) in [5.74, 6) is 0.206. The first kappa shape index (κ1) is 19.2. The maximum Gasteiger partial charge on any atom is 0.261 e. The van der Waals surface area contributed by atoms with Crippen molar-refractivity contribution in [1.29, 1.82) is 5.26 Å². The fraction of sp³-hybridized carbons (Fsp3) is 0. The van der Waals surface area contributed by atoms with Gasteiger partial charge in [0.05, 0.1) is 4.90 Å². The summed E-state index contributed by atoms with van der Waals surface area (Å²) in [6.45, 7) is 0. The van der Waals surface area contributed by atoms with Crippen molar-refractivity contribution in [2.24, 2.45) is 0 Å². The van der Waals surface area contributed by atoms with E-state index in [0.717, 1.165) is 0 Å². The lowest BCUT2D eigenvalue weighted by Gasteiger charge is -2.08. The fourth-order valence-electron chi connectivity index (χ4n) is 2.74. The second-order valence-electron chi connectivity index (χ2n) is 6.30. The van der Waals surface area contributed by atoms with Gasteiger partial charge in [-0.1, -0.05) is 30.3 Å². The lowest BCUT2D eigenvalue weighted by atomic mass is 10.3. The molecule has 30 heavy (non-hydrogen) atoms. The number of nitriles is 1. The van der Waals surface area contributed by atoms with E-state index in [1.807, 2.05) is 24.3 Å². The minimum Gasteiger partial charge on any atom is -0.435 e. The van der Waals surface area contributed by atoms with Gasteiger partial charge in [-0.15, -0.1) is 0 Å². The third-order valence-corrected chi connectivity index (χ3v) is 5.62. The van der Waals surface area contributed by atoms with Crippen molar-refractivity contribution in [2.75, 3.05) is 10.0 Å². The van der Waals surface area contributed by atoms with E-state index in [2.05, 4.69) is 15.0 Å². The molecule has 3 aromatic carbocycles. The molecule has 0 bridgehead atoms. The number of rotatable bonds is 6. The fourth-order valence-corrected chi connectivity index (χ4v) is 3.79. The average Bonchev–Trinajstić information content (AvgIpc) is 3.19. The molecule has 0 aliphatic heterocycles. The lowest BCUT2D eigenvalue weighted by Crippen LogP contribution is -2.12. The highest BCUT2D eigenvalue weighted by atomic mass is 32.2. The molecule has 0 amide bonds. The van der Waals surface area contributed by atoms with Crippen LogP contribution >= 0.6 is 0 Å². The normalized spacial score (nSPS) is 11.8. The number of hydrogen-bond donors (Lipinski definition) is 2. The van der Waals surface area contributed by atoms with E-state index in [9.17, 15) is 13.7 Å². The first-order chi connectivity index (χ1) is 14.5. The van der Waals surface area contributed by atoms with Gasteiger partial charge in [0, 0.05) is 17.6 Å². The van der Waals surface area contributed by atoms with Gasteiger partial charge in [-0.25, -0.2) is 13.4 Å². The summed E-state index contributed by atoms with van der Waals surface area (Å²) in [6, 6.07) is 24.1. The smallest absolute Gasteiger partial charge is 0.261 e. The Hall–Kier alpha value is -4.09. The maximum absolute atomic E-state index is 12.5. The molecule has 1 heterocycles. The molecule has 4 aromatic rings. The summed E-state index contributed by atoms with van der Waals surface area (Å²) < 4.78 is 33.1. The van der Waals surface area contributed by atoms with E-state index in [0.29, 0.717) is 22.5 Å². The molecule has 1 aromatic heterocycles. The Morgan fingerprint density at radius 2 is 1.63 bits per heavy atom. The predicted molar refractivity (Wildman–Crippen MR) is 115 cm³/mol. The first-order valence-electron chi connectivity index (χ1n) is 8.96. The van der Waals surface area contributed by atoms with E-state index in [1.54, 1.807) is 48.5 Å². The van der Waals surface area contributed by atoms with E-state index >= 15 is 0 Å². The predicted octanol–water partition coefficient (Wildman–Crippen LogP) is 4.61. The Morgan fingerprint density at radius 3 is 2.33 bits per heavy atom. The van der Waals surface area contributed by atoms with Gasteiger partial charge in [-0.2, -0.15) is 5.26 Å². The zero-order valence-electron chi connectivity index (χ0n) is 15.6. The molecular weight excluding hydrogens is 400 g/mol. The largest absolute Gasteiger partial charge is 0.435 e. The molecule has 4 rings (SSSR count). The number of nitrogens with zero attached hydrogens (tertiary/aromatic N) is 2. The second kappa shape index (κ2) is 8.11. The zero-order valence-corrected chi connectivity index (χ0v) is 16.4. The summed E-state index contributed by atoms with van der Waals surface area (Å²) in [7, 11) is -3.69. The van der Waals surface area contributed by atoms with E-state index in [1.165, 1.54) is 18.3 Å². The topological polar surface area (TPSA) is 108 Å². The highest BCUT2D eigenvalue weighted by molar-refractivity contribution is 7.92. The number of hydrogen-bond acceptors (Lipinski definition) is 6. The molecule has 0 unspecified atom stereocenters. The Balaban J connectivity index is 1.50. The summed E-state index contributed by atoms with van der Waals surface area (Å²) in [6.07, 6.45) is 1.47. The van der Waals surface area contributed by atoms with Crippen LogP contribution in [-0.4, -0.2) is 13.4 Å². The van der Waals surface area contributed by atoms with Gasteiger partial charge in [0.15, 0.2) is 5.58 Å². The third kappa shape index (κ3) is 4.16. The number of aromatic nitrogens is 1. The number of benzene rings is 3. The Bertz CT molecular complexity index is 1320. The molecule has 7 nitrogen and oxygen atoms in total. The van der Waals surface area contributed by atoms with Crippen LogP contribution in [0.2, 0.25) is 0 Å². The highest BCUT2D eigenvalue weighted by Gasteiger charge is 2.14. The number of sulfonamides is 1. The van der Waals surface area contributed by atoms with Crippen LogP contribution in [0.4, 0.5) is 11.4 Å². The van der Waals surface area contributed by atoms with Crippen LogP contribution in [0, 0.1) is 11.3 Å². The Morgan fingerprint density at radius 1 is 0.933 bits per heavy atom. The number of nitrogens with one attached hydrogen (secondary N) is 2. The lowest BCUT2D eigenvalue weighted by molar-refractivity contribution is 0.586. The minimum atomic E-state index is -3.69.